The molecular weight excluding hydrogens is 341 g/mol. The maximum Gasteiger partial charge on any atom is 0.334 e. The van der Waals surface area contributed by atoms with E-state index in [0.29, 0.717) is 17.9 Å². The fourth-order valence-electron chi connectivity index (χ4n) is 2.68. The number of carbonyl (C=O) groups excluding carboxylic acids is 1. The van der Waals surface area contributed by atoms with E-state index in [2.05, 4.69) is 0 Å². The lowest BCUT2D eigenvalue weighted by Crippen LogP contribution is -2.48. The predicted molar refractivity (Wildman–Crippen MR) is 90.5 cm³/mol. The molecule has 26 heavy (non-hydrogen) atoms. The largest absolute Gasteiger partial charge is 0.489 e. The van der Waals surface area contributed by atoms with E-state index in [1.54, 1.807) is 36.4 Å². The molecule has 6 nitrogen and oxygen atoms in total. The van der Waals surface area contributed by atoms with Gasteiger partial charge in [0.25, 0.3) is 5.91 Å². The Morgan fingerprint density at radius 1 is 1.23 bits per heavy atom. The molecule has 1 aliphatic heterocycles. The van der Waals surface area contributed by atoms with Gasteiger partial charge in [-0.2, -0.15) is 0 Å². The predicted octanol–water partition coefficient (Wildman–Crippen LogP) is 2.33. The minimum atomic E-state index is -1.08. The van der Waals surface area contributed by atoms with Crippen LogP contribution in [0.2, 0.25) is 0 Å². The second-order valence-corrected chi connectivity index (χ2v) is 5.90. The van der Waals surface area contributed by atoms with Gasteiger partial charge in [0.05, 0.1) is 13.2 Å². The zero-order chi connectivity index (χ0) is 18.5. The van der Waals surface area contributed by atoms with Gasteiger partial charge in [0.15, 0.2) is 6.10 Å². The number of benzene rings is 2. The average molecular weight is 359 g/mol. The second kappa shape index (κ2) is 7.97. The van der Waals surface area contributed by atoms with Gasteiger partial charge in [0, 0.05) is 18.2 Å². The van der Waals surface area contributed by atoms with Gasteiger partial charge >= 0.3 is 5.97 Å². The van der Waals surface area contributed by atoms with Gasteiger partial charge in [-0.25, -0.2) is 9.18 Å². The molecule has 1 aliphatic rings. The molecule has 3 rings (SSSR count). The molecule has 0 unspecified atom stereocenters. The molecule has 1 N–H and O–H groups in total. The minimum Gasteiger partial charge on any atom is -0.489 e. The molecule has 2 aromatic carbocycles. The molecule has 7 heteroatoms. The van der Waals surface area contributed by atoms with Crippen molar-refractivity contribution in [1.29, 1.82) is 0 Å². The van der Waals surface area contributed by atoms with Crippen molar-refractivity contribution in [3.63, 3.8) is 0 Å². The van der Waals surface area contributed by atoms with Gasteiger partial charge in [0.1, 0.15) is 18.2 Å². The zero-order valence-electron chi connectivity index (χ0n) is 13.9. The summed E-state index contributed by atoms with van der Waals surface area (Å²) in [5.41, 5.74) is 1.19. The van der Waals surface area contributed by atoms with E-state index in [1.807, 2.05) is 0 Å². The number of carbonyl (C=O) groups is 2. The molecule has 0 spiro atoms. The zero-order valence-corrected chi connectivity index (χ0v) is 13.9. The van der Waals surface area contributed by atoms with Crippen molar-refractivity contribution in [2.24, 2.45) is 0 Å². The average Bonchev–Trinajstić information content (AvgIpc) is 2.66. The summed E-state index contributed by atoms with van der Waals surface area (Å²) in [7, 11) is 0. The lowest BCUT2D eigenvalue weighted by molar-refractivity contribution is -0.154. The summed E-state index contributed by atoms with van der Waals surface area (Å²) in [6.07, 6.45) is -1.01. The van der Waals surface area contributed by atoms with Crippen molar-refractivity contribution in [3.05, 3.63) is 65.5 Å². The summed E-state index contributed by atoms with van der Waals surface area (Å²) in [5.74, 6) is -1.32. The Morgan fingerprint density at radius 3 is 2.81 bits per heavy atom. The van der Waals surface area contributed by atoms with Crippen molar-refractivity contribution < 1.29 is 28.6 Å². The Hall–Kier alpha value is -2.93. The molecule has 1 fully saturated rings. The Bertz CT molecular complexity index is 810. The molecular formula is C19H18FNO5. The fraction of sp³-hybridized carbons (Fsp3) is 0.263. The van der Waals surface area contributed by atoms with Gasteiger partial charge in [-0.05, 0) is 29.8 Å². The summed E-state index contributed by atoms with van der Waals surface area (Å²) < 4.78 is 23.8. The van der Waals surface area contributed by atoms with E-state index >= 15 is 0 Å². The van der Waals surface area contributed by atoms with E-state index in [9.17, 15) is 14.0 Å². The normalized spacial score (nSPS) is 17.0. The number of amides is 1. The summed E-state index contributed by atoms with van der Waals surface area (Å²) in [6, 6.07) is 12.7. The van der Waals surface area contributed by atoms with Crippen LogP contribution < -0.4 is 4.74 Å². The van der Waals surface area contributed by atoms with E-state index in [-0.39, 0.29) is 31.5 Å². The van der Waals surface area contributed by atoms with Crippen LogP contribution in [0.25, 0.3) is 0 Å². The highest BCUT2D eigenvalue weighted by molar-refractivity contribution is 5.94. The SMILES string of the molecule is O=C(O)[C@@H]1CN(C(=O)c2cccc(COc3cccc(F)c3)c2)CCO1. The smallest absolute Gasteiger partial charge is 0.334 e. The van der Waals surface area contributed by atoms with Crippen LogP contribution >= 0.6 is 0 Å². The van der Waals surface area contributed by atoms with E-state index in [1.165, 1.54) is 17.0 Å². The topological polar surface area (TPSA) is 76.1 Å². The first-order chi connectivity index (χ1) is 12.5. The number of halogens is 1. The second-order valence-electron chi connectivity index (χ2n) is 5.90. The van der Waals surface area contributed by atoms with Crippen LogP contribution in [0.15, 0.2) is 48.5 Å². The molecule has 0 aromatic heterocycles. The number of rotatable bonds is 5. The number of carboxylic acid groups (broad SMARTS) is 1. The molecule has 1 heterocycles. The van der Waals surface area contributed by atoms with Crippen molar-refractivity contribution in [2.45, 2.75) is 12.7 Å². The quantitative estimate of drug-likeness (QED) is 0.887. The van der Waals surface area contributed by atoms with Crippen LogP contribution in [0.1, 0.15) is 15.9 Å². The molecule has 2 aromatic rings. The highest BCUT2D eigenvalue weighted by Gasteiger charge is 2.29. The lowest BCUT2D eigenvalue weighted by atomic mass is 10.1. The number of hydrogen-bond donors (Lipinski definition) is 1. The van der Waals surface area contributed by atoms with Gasteiger partial charge < -0.3 is 19.5 Å². The molecule has 136 valence electrons. The highest BCUT2D eigenvalue weighted by Crippen LogP contribution is 2.16. The van der Waals surface area contributed by atoms with Crippen LogP contribution in [-0.2, 0) is 16.1 Å². The van der Waals surface area contributed by atoms with Crippen molar-refractivity contribution in [3.8, 4) is 5.75 Å². The summed E-state index contributed by atoms with van der Waals surface area (Å²) in [4.78, 5) is 25.1. The van der Waals surface area contributed by atoms with Crippen molar-refractivity contribution in [2.75, 3.05) is 19.7 Å². The van der Waals surface area contributed by atoms with Crippen LogP contribution in [0.4, 0.5) is 4.39 Å². The molecule has 0 bridgehead atoms. The Morgan fingerprint density at radius 2 is 2.04 bits per heavy atom. The van der Waals surface area contributed by atoms with Gasteiger partial charge in [-0.3, -0.25) is 4.79 Å². The number of hydrogen-bond acceptors (Lipinski definition) is 4. The summed E-state index contributed by atoms with van der Waals surface area (Å²) in [6.45, 7) is 0.724. The monoisotopic (exact) mass is 359 g/mol. The van der Waals surface area contributed by atoms with Crippen molar-refractivity contribution >= 4 is 11.9 Å². The maximum atomic E-state index is 13.2. The Labute approximate surface area is 149 Å². The van der Waals surface area contributed by atoms with Gasteiger partial charge in [-0.1, -0.05) is 18.2 Å². The number of aliphatic carboxylic acids is 1. The Kier molecular flexibility index (Phi) is 5.48. The maximum absolute atomic E-state index is 13.2. The first-order valence-electron chi connectivity index (χ1n) is 8.14. The first kappa shape index (κ1) is 17.9. The minimum absolute atomic E-state index is 0.0121. The fourth-order valence-corrected chi connectivity index (χ4v) is 2.68. The summed E-state index contributed by atoms with van der Waals surface area (Å²) >= 11 is 0. The third kappa shape index (κ3) is 4.37. The van der Waals surface area contributed by atoms with E-state index in [0.717, 1.165) is 5.56 Å². The number of morpholine rings is 1. The molecule has 1 amide bonds. The highest BCUT2D eigenvalue weighted by atomic mass is 19.1. The number of carboxylic acids is 1. The molecule has 1 atom stereocenters. The summed E-state index contributed by atoms with van der Waals surface area (Å²) in [5, 5.41) is 9.04. The number of ether oxygens (including phenoxy) is 2. The van der Waals surface area contributed by atoms with Crippen LogP contribution in [0.3, 0.4) is 0 Å². The van der Waals surface area contributed by atoms with E-state index < -0.39 is 12.1 Å². The van der Waals surface area contributed by atoms with Gasteiger partial charge in [0.2, 0.25) is 0 Å². The van der Waals surface area contributed by atoms with Crippen molar-refractivity contribution in [1.82, 2.24) is 4.90 Å². The number of nitrogens with zero attached hydrogens (tertiary/aromatic N) is 1. The van der Waals surface area contributed by atoms with E-state index in [4.69, 9.17) is 14.6 Å². The molecule has 0 aliphatic carbocycles. The molecule has 1 saturated heterocycles. The third-order valence-corrected chi connectivity index (χ3v) is 4.00. The first-order valence-corrected chi connectivity index (χ1v) is 8.14. The molecule has 0 saturated carbocycles. The van der Waals surface area contributed by atoms with Crippen LogP contribution in [0, 0.1) is 5.82 Å². The standard InChI is InChI=1S/C19H18FNO5/c20-15-5-2-6-16(10-15)26-12-13-3-1-4-14(9-13)18(22)21-7-8-25-17(11-21)19(23)24/h1-6,9-10,17H,7-8,11-12H2,(H,23,24)/t17-/m0/s1. The Balaban J connectivity index is 1.66. The third-order valence-electron chi connectivity index (χ3n) is 4.00. The molecule has 0 radical (unpaired) electrons. The van der Waals surface area contributed by atoms with Crippen LogP contribution in [0.5, 0.6) is 5.75 Å². The lowest BCUT2D eigenvalue weighted by Gasteiger charge is -2.31. The van der Waals surface area contributed by atoms with Crippen LogP contribution in [-0.4, -0.2) is 47.7 Å². The van der Waals surface area contributed by atoms with Gasteiger partial charge in [-0.15, -0.1) is 0 Å².